The van der Waals surface area contributed by atoms with Gasteiger partial charge in [-0.3, -0.25) is 0 Å². The molecule has 0 spiro atoms. The van der Waals surface area contributed by atoms with E-state index in [1.165, 1.54) is 0 Å². The number of hydrogen-bond donors (Lipinski definition) is 0. The van der Waals surface area contributed by atoms with E-state index in [9.17, 15) is 8.78 Å². The van der Waals surface area contributed by atoms with E-state index in [4.69, 9.17) is 4.74 Å². The van der Waals surface area contributed by atoms with Gasteiger partial charge in [-0.25, -0.2) is 8.78 Å². The topological polar surface area (TPSA) is 14.2 Å². The van der Waals surface area contributed by atoms with Gasteiger partial charge in [0.1, 0.15) is 5.75 Å². The molecule has 0 unspecified atom stereocenters. The van der Waals surface area contributed by atoms with E-state index < -0.39 is 6.43 Å². The summed E-state index contributed by atoms with van der Waals surface area (Å²) in [6, 6.07) is 7.32. The largest absolute Gasteiger partial charge is 0.490 e. The van der Waals surface area contributed by atoms with E-state index >= 15 is 0 Å². The highest BCUT2D eigenvalue weighted by atomic mass is 19.3. The van der Waals surface area contributed by atoms with Gasteiger partial charge >= 0.3 is 0 Å². The van der Waals surface area contributed by atoms with Gasteiger partial charge in [-0.1, -0.05) is 6.07 Å². The van der Waals surface area contributed by atoms with Crippen molar-refractivity contribution in [3.05, 3.63) is 30.5 Å². The third-order valence-corrected chi connectivity index (χ3v) is 2.47. The molecule has 2 rings (SSSR count). The minimum Gasteiger partial charge on any atom is -0.490 e. The molecule has 2 aromatic rings. The minimum atomic E-state index is -2.35. The molecule has 0 saturated heterocycles. The van der Waals surface area contributed by atoms with Crippen LogP contribution in [-0.4, -0.2) is 17.1 Å². The summed E-state index contributed by atoms with van der Waals surface area (Å²) in [5, 5.41) is 0.877. The molecule has 0 N–H and O–H groups in total. The zero-order chi connectivity index (χ0) is 12.4. The van der Waals surface area contributed by atoms with E-state index in [1.807, 2.05) is 38.1 Å². The van der Waals surface area contributed by atoms with E-state index in [1.54, 1.807) is 10.8 Å². The fourth-order valence-electron chi connectivity index (χ4n) is 1.86. The Balaban J connectivity index is 2.41. The zero-order valence-corrected chi connectivity index (χ0v) is 9.86. The standard InChI is InChI=1S/C13H15F2NO/c1-9(2)17-12-5-3-4-11-10(12)6-7-16(11)8-13(14)15/h3-7,9,13H,8H2,1-2H3. The molecule has 0 radical (unpaired) electrons. The Kier molecular flexibility index (Phi) is 3.31. The van der Waals surface area contributed by atoms with Crippen LogP contribution >= 0.6 is 0 Å². The van der Waals surface area contributed by atoms with Crippen LogP contribution in [-0.2, 0) is 6.54 Å². The van der Waals surface area contributed by atoms with Gasteiger partial charge in [0.15, 0.2) is 0 Å². The van der Waals surface area contributed by atoms with Crippen LogP contribution in [0.4, 0.5) is 8.78 Å². The van der Waals surface area contributed by atoms with Crippen LogP contribution in [0.1, 0.15) is 13.8 Å². The van der Waals surface area contributed by atoms with E-state index in [0.717, 1.165) is 16.7 Å². The quantitative estimate of drug-likeness (QED) is 0.793. The van der Waals surface area contributed by atoms with Gasteiger partial charge in [-0.2, -0.15) is 0 Å². The minimum absolute atomic E-state index is 0.0686. The maximum Gasteiger partial charge on any atom is 0.256 e. The zero-order valence-electron chi connectivity index (χ0n) is 9.86. The molecule has 4 heteroatoms. The average Bonchev–Trinajstić information content (AvgIpc) is 2.61. The molecule has 1 aromatic carbocycles. The van der Waals surface area contributed by atoms with E-state index in [2.05, 4.69) is 0 Å². The maximum absolute atomic E-state index is 12.4. The summed E-state index contributed by atoms with van der Waals surface area (Å²) >= 11 is 0. The summed E-state index contributed by atoms with van der Waals surface area (Å²) < 4.78 is 32.0. The first-order valence-corrected chi connectivity index (χ1v) is 5.60. The Labute approximate surface area is 98.8 Å². The first-order valence-electron chi connectivity index (χ1n) is 5.60. The molecule has 0 aliphatic heterocycles. The van der Waals surface area contributed by atoms with Gasteiger partial charge in [-0.15, -0.1) is 0 Å². The lowest BCUT2D eigenvalue weighted by Crippen LogP contribution is -2.06. The molecule has 92 valence electrons. The van der Waals surface area contributed by atoms with Crippen molar-refractivity contribution in [3.63, 3.8) is 0 Å². The van der Waals surface area contributed by atoms with Crippen molar-refractivity contribution in [1.29, 1.82) is 0 Å². The van der Waals surface area contributed by atoms with Crippen molar-refractivity contribution in [2.75, 3.05) is 0 Å². The average molecular weight is 239 g/mol. The summed E-state index contributed by atoms with van der Waals surface area (Å²) in [4.78, 5) is 0. The van der Waals surface area contributed by atoms with E-state index in [-0.39, 0.29) is 12.6 Å². The summed E-state index contributed by atoms with van der Waals surface area (Å²) in [6.45, 7) is 3.60. The molecule has 0 aliphatic carbocycles. The Morgan fingerprint density at radius 2 is 2.00 bits per heavy atom. The summed E-state index contributed by atoms with van der Waals surface area (Å²) in [5.41, 5.74) is 0.781. The Morgan fingerprint density at radius 3 is 2.65 bits per heavy atom. The molecule has 1 aromatic heterocycles. The number of ether oxygens (including phenoxy) is 1. The van der Waals surface area contributed by atoms with Crippen molar-refractivity contribution in [1.82, 2.24) is 4.57 Å². The van der Waals surface area contributed by atoms with Crippen LogP contribution in [0, 0.1) is 0 Å². The van der Waals surface area contributed by atoms with Gasteiger partial charge in [0.25, 0.3) is 6.43 Å². The van der Waals surface area contributed by atoms with Crippen LogP contribution in [0.5, 0.6) is 5.75 Å². The monoisotopic (exact) mass is 239 g/mol. The van der Waals surface area contributed by atoms with Crippen molar-refractivity contribution in [3.8, 4) is 5.75 Å². The molecular formula is C13H15F2NO. The number of nitrogens with zero attached hydrogens (tertiary/aromatic N) is 1. The highest BCUT2D eigenvalue weighted by Crippen LogP contribution is 2.27. The lowest BCUT2D eigenvalue weighted by atomic mass is 10.2. The molecule has 2 nitrogen and oxygen atoms in total. The number of halogens is 2. The van der Waals surface area contributed by atoms with Crippen LogP contribution in [0.2, 0.25) is 0 Å². The van der Waals surface area contributed by atoms with Gasteiger partial charge in [0, 0.05) is 11.6 Å². The number of alkyl halides is 2. The predicted octanol–water partition coefficient (Wildman–Crippen LogP) is 3.69. The van der Waals surface area contributed by atoms with Crippen molar-refractivity contribution >= 4 is 10.9 Å². The van der Waals surface area contributed by atoms with Gasteiger partial charge < -0.3 is 9.30 Å². The lowest BCUT2D eigenvalue weighted by molar-refractivity contribution is 0.128. The van der Waals surface area contributed by atoms with Crippen LogP contribution in [0.3, 0.4) is 0 Å². The van der Waals surface area contributed by atoms with Gasteiger partial charge in [-0.05, 0) is 32.0 Å². The molecule has 17 heavy (non-hydrogen) atoms. The predicted molar refractivity (Wildman–Crippen MR) is 63.7 cm³/mol. The van der Waals surface area contributed by atoms with Crippen molar-refractivity contribution < 1.29 is 13.5 Å². The summed E-state index contributed by atoms with van der Waals surface area (Å²) in [7, 11) is 0. The Morgan fingerprint density at radius 1 is 1.24 bits per heavy atom. The fraction of sp³-hybridized carbons (Fsp3) is 0.385. The van der Waals surface area contributed by atoms with Gasteiger partial charge in [0.05, 0.1) is 18.2 Å². The molecule has 0 bridgehead atoms. The number of benzene rings is 1. The third-order valence-electron chi connectivity index (χ3n) is 2.47. The highest BCUT2D eigenvalue weighted by molar-refractivity contribution is 5.86. The van der Waals surface area contributed by atoms with Crippen molar-refractivity contribution in [2.45, 2.75) is 32.9 Å². The number of aromatic nitrogens is 1. The fourth-order valence-corrected chi connectivity index (χ4v) is 1.86. The normalized spacial score (nSPS) is 11.6. The number of hydrogen-bond acceptors (Lipinski definition) is 1. The van der Waals surface area contributed by atoms with Crippen molar-refractivity contribution in [2.24, 2.45) is 0 Å². The highest BCUT2D eigenvalue weighted by Gasteiger charge is 2.10. The first kappa shape index (κ1) is 11.9. The third kappa shape index (κ3) is 2.57. The molecular weight excluding hydrogens is 224 g/mol. The van der Waals surface area contributed by atoms with E-state index in [0.29, 0.717) is 0 Å². The molecule has 0 atom stereocenters. The smallest absolute Gasteiger partial charge is 0.256 e. The second-order valence-corrected chi connectivity index (χ2v) is 4.21. The maximum atomic E-state index is 12.4. The number of fused-ring (bicyclic) bond motifs is 1. The Hall–Kier alpha value is -1.58. The molecule has 0 fully saturated rings. The number of rotatable bonds is 4. The summed E-state index contributed by atoms with van der Waals surface area (Å²) in [5.74, 6) is 0.741. The molecule has 1 heterocycles. The SMILES string of the molecule is CC(C)Oc1cccc2c1ccn2CC(F)F. The van der Waals surface area contributed by atoms with Gasteiger partial charge in [0.2, 0.25) is 0 Å². The van der Waals surface area contributed by atoms with Crippen LogP contribution in [0.15, 0.2) is 30.5 Å². The molecule has 0 aliphatic rings. The van der Waals surface area contributed by atoms with Crippen LogP contribution < -0.4 is 4.74 Å². The second-order valence-electron chi connectivity index (χ2n) is 4.21. The first-order chi connectivity index (χ1) is 8.08. The molecule has 0 saturated carbocycles. The Bertz CT molecular complexity index is 505. The van der Waals surface area contributed by atoms with Crippen LogP contribution in [0.25, 0.3) is 10.9 Å². The summed E-state index contributed by atoms with van der Waals surface area (Å²) in [6.07, 6.45) is -0.608. The lowest BCUT2D eigenvalue weighted by Gasteiger charge is -2.11. The second kappa shape index (κ2) is 4.73. The molecule has 0 amide bonds.